The molecule has 7 nitrogen and oxygen atoms in total. The lowest BCUT2D eigenvalue weighted by Gasteiger charge is -2.37. The summed E-state index contributed by atoms with van der Waals surface area (Å²) in [5.41, 5.74) is 8.74. The van der Waals surface area contributed by atoms with Crippen LogP contribution in [-0.4, -0.2) is 29.8 Å². The molecule has 3 unspecified atom stereocenters. The Morgan fingerprint density at radius 2 is 1.57 bits per heavy atom. The molecule has 0 bridgehead atoms. The molecule has 1 aliphatic heterocycles. The van der Waals surface area contributed by atoms with Crippen molar-refractivity contribution in [3.63, 3.8) is 0 Å². The third kappa shape index (κ3) is 4.55. The SMILES string of the molecule is NC1CCCCC1NC(=O)c1ccc2c(c1)NC(=O)C(c1ccccc1)N2C(=O)c1ccccc1. The molecule has 0 aromatic heterocycles. The molecule has 1 fully saturated rings. The number of nitrogens with one attached hydrogen (secondary N) is 2. The summed E-state index contributed by atoms with van der Waals surface area (Å²) in [6.07, 6.45) is 3.86. The summed E-state index contributed by atoms with van der Waals surface area (Å²) in [5.74, 6) is -0.865. The fraction of sp³-hybridized carbons (Fsp3) is 0.250. The smallest absolute Gasteiger partial charge is 0.259 e. The first-order chi connectivity index (χ1) is 17.0. The van der Waals surface area contributed by atoms with Crippen LogP contribution in [-0.2, 0) is 4.79 Å². The van der Waals surface area contributed by atoms with Crippen molar-refractivity contribution in [3.05, 3.63) is 95.6 Å². The first-order valence-corrected chi connectivity index (χ1v) is 12.0. The summed E-state index contributed by atoms with van der Waals surface area (Å²) in [4.78, 5) is 41.5. The van der Waals surface area contributed by atoms with E-state index in [4.69, 9.17) is 5.73 Å². The fourth-order valence-electron chi connectivity index (χ4n) is 4.92. The van der Waals surface area contributed by atoms with Gasteiger partial charge in [0.25, 0.3) is 17.7 Å². The van der Waals surface area contributed by atoms with Gasteiger partial charge in [-0.1, -0.05) is 61.4 Å². The van der Waals surface area contributed by atoms with Crippen molar-refractivity contribution in [3.8, 4) is 0 Å². The van der Waals surface area contributed by atoms with E-state index in [9.17, 15) is 14.4 Å². The topological polar surface area (TPSA) is 105 Å². The second-order valence-corrected chi connectivity index (χ2v) is 9.10. The first-order valence-electron chi connectivity index (χ1n) is 12.0. The Hall–Kier alpha value is -3.97. The second kappa shape index (κ2) is 9.72. The summed E-state index contributed by atoms with van der Waals surface area (Å²) in [7, 11) is 0. The highest BCUT2D eigenvalue weighted by atomic mass is 16.2. The number of amides is 3. The molecule has 7 heteroatoms. The zero-order valence-corrected chi connectivity index (χ0v) is 19.3. The maximum Gasteiger partial charge on any atom is 0.259 e. The maximum atomic E-state index is 13.7. The zero-order chi connectivity index (χ0) is 24.4. The third-order valence-corrected chi connectivity index (χ3v) is 6.77. The van der Waals surface area contributed by atoms with Crippen LogP contribution in [0.1, 0.15) is 58.0 Å². The normalized spacial score (nSPS) is 21.6. The van der Waals surface area contributed by atoms with Crippen molar-refractivity contribution in [2.24, 2.45) is 5.73 Å². The van der Waals surface area contributed by atoms with E-state index in [-0.39, 0.29) is 29.8 Å². The Kier molecular flexibility index (Phi) is 6.33. The van der Waals surface area contributed by atoms with Crippen LogP contribution in [0.2, 0.25) is 0 Å². The lowest BCUT2D eigenvalue weighted by atomic mass is 9.91. The Balaban J connectivity index is 1.51. The van der Waals surface area contributed by atoms with Crippen molar-refractivity contribution in [1.82, 2.24) is 5.32 Å². The number of nitrogens with two attached hydrogens (primary N) is 1. The molecule has 3 aromatic carbocycles. The molecule has 0 saturated heterocycles. The van der Waals surface area contributed by atoms with E-state index in [2.05, 4.69) is 10.6 Å². The molecule has 5 rings (SSSR count). The molecule has 1 heterocycles. The Morgan fingerprint density at radius 3 is 2.29 bits per heavy atom. The number of nitrogens with zero attached hydrogens (tertiary/aromatic N) is 1. The van der Waals surface area contributed by atoms with Crippen LogP contribution in [0.4, 0.5) is 11.4 Å². The molecule has 178 valence electrons. The number of hydrogen-bond acceptors (Lipinski definition) is 4. The van der Waals surface area contributed by atoms with Crippen molar-refractivity contribution in [2.75, 3.05) is 10.2 Å². The molecule has 1 saturated carbocycles. The molecule has 1 aliphatic carbocycles. The molecular weight excluding hydrogens is 440 g/mol. The van der Waals surface area contributed by atoms with E-state index >= 15 is 0 Å². The van der Waals surface area contributed by atoms with Gasteiger partial charge in [0, 0.05) is 23.2 Å². The van der Waals surface area contributed by atoms with Crippen molar-refractivity contribution < 1.29 is 14.4 Å². The van der Waals surface area contributed by atoms with Crippen LogP contribution in [0, 0.1) is 0 Å². The maximum absolute atomic E-state index is 13.7. The van der Waals surface area contributed by atoms with Gasteiger partial charge < -0.3 is 16.4 Å². The summed E-state index contributed by atoms with van der Waals surface area (Å²) in [6, 6.07) is 22.2. The van der Waals surface area contributed by atoms with Crippen LogP contribution in [0.25, 0.3) is 0 Å². The molecule has 3 atom stereocenters. The minimum atomic E-state index is -0.837. The van der Waals surface area contributed by atoms with Gasteiger partial charge in [0.2, 0.25) is 0 Å². The first kappa shape index (κ1) is 22.8. The number of hydrogen-bond donors (Lipinski definition) is 3. The molecule has 2 aliphatic rings. The summed E-state index contributed by atoms with van der Waals surface area (Å²) in [6.45, 7) is 0. The average molecular weight is 469 g/mol. The molecule has 0 radical (unpaired) electrons. The molecule has 3 amide bonds. The van der Waals surface area contributed by atoms with E-state index in [0.29, 0.717) is 28.1 Å². The lowest BCUT2D eigenvalue weighted by molar-refractivity contribution is -0.117. The molecule has 35 heavy (non-hydrogen) atoms. The highest BCUT2D eigenvalue weighted by molar-refractivity contribution is 6.17. The lowest BCUT2D eigenvalue weighted by Crippen LogP contribution is -2.49. The third-order valence-electron chi connectivity index (χ3n) is 6.77. The van der Waals surface area contributed by atoms with E-state index in [1.54, 1.807) is 42.5 Å². The predicted molar refractivity (Wildman–Crippen MR) is 135 cm³/mol. The summed E-state index contributed by atoms with van der Waals surface area (Å²) >= 11 is 0. The monoisotopic (exact) mass is 468 g/mol. The van der Waals surface area contributed by atoms with Gasteiger partial charge in [-0.3, -0.25) is 19.3 Å². The van der Waals surface area contributed by atoms with Gasteiger partial charge >= 0.3 is 0 Å². The number of rotatable bonds is 4. The Bertz CT molecular complexity index is 1250. The van der Waals surface area contributed by atoms with Crippen LogP contribution in [0.3, 0.4) is 0 Å². The highest BCUT2D eigenvalue weighted by Gasteiger charge is 2.38. The zero-order valence-electron chi connectivity index (χ0n) is 19.3. The predicted octanol–water partition coefficient (Wildman–Crippen LogP) is 4.03. The van der Waals surface area contributed by atoms with Crippen LogP contribution >= 0.6 is 0 Å². The van der Waals surface area contributed by atoms with Gasteiger partial charge in [-0.05, 0) is 48.7 Å². The second-order valence-electron chi connectivity index (χ2n) is 9.10. The fourth-order valence-corrected chi connectivity index (χ4v) is 4.92. The summed E-state index contributed by atoms with van der Waals surface area (Å²) in [5, 5.41) is 5.96. The van der Waals surface area contributed by atoms with Crippen molar-refractivity contribution in [1.29, 1.82) is 0 Å². The number of carbonyl (C=O) groups is 3. The highest BCUT2D eigenvalue weighted by Crippen LogP contribution is 2.40. The van der Waals surface area contributed by atoms with Gasteiger partial charge in [0.15, 0.2) is 0 Å². The number of fused-ring (bicyclic) bond motifs is 1. The van der Waals surface area contributed by atoms with E-state index in [1.807, 2.05) is 36.4 Å². The van der Waals surface area contributed by atoms with E-state index < -0.39 is 6.04 Å². The minimum Gasteiger partial charge on any atom is -0.348 e. The van der Waals surface area contributed by atoms with Gasteiger partial charge in [-0.25, -0.2) is 0 Å². The van der Waals surface area contributed by atoms with Gasteiger partial charge in [-0.15, -0.1) is 0 Å². The molecule has 3 aromatic rings. The van der Waals surface area contributed by atoms with Crippen LogP contribution in [0.15, 0.2) is 78.9 Å². The number of carbonyl (C=O) groups excluding carboxylic acids is 3. The Morgan fingerprint density at radius 1 is 0.886 bits per heavy atom. The van der Waals surface area contributed by atoms with E-state index in [1.165, 1.54) is 4.90 Å². The minimum absolute atomic E-state index is 0.0596. The van der Waals surface area contributed by atoms with E-state index in [0.717, 1.165) is 25.7 Å². The summed E-state index contributed by atoms with van der Waals surface area (Å²) < 4.78 is 0. The van der Waals surface area contributed by atoms with Gasteiger partial charge in [0.1, 0.15) is 6.04 Å². The molecule has 4 N–H and O–H groups in total. The average Bonchev–Trinajstić information content (AvgIpc) is 2.89. The molecular formula is C28H28N4O3. The van der Waals surface area contributed by atoms with Crippen LogP contribution in [0.5, 0.6) is 0 Å². The Labute approximate surface area is 204 Å². The number of anilines is 2. The van der Waals surface area contributed by atoms with Crippen LogP contribution < -0.4 is 21.3 Å². The van der Waals surface area contributed by atoms with Crippen molar-refractivity contribution in [2.45, 2.75) is 43.8 Å². The quantitative estimate of drug-likeness (QED) is 0.538. The van der Waals surface area contributed by atoms with Gasteiger partial charge in [-0.2, -0.15) is 0 Å². The number of benzene rings is 3. The standard InChI is InChI=1S/C28H28N4O3/c29-21-13-7-8-14-22(21)30-26(33)20-15-16-24-23(17-20)31-27(34)25(18-9-3-1-4-10-18)32(24)28(35)19-11-5-2-6-12-19/h1-6,9-12,15-17,21-22,25H,7-8,13-14,29H2,(H,30,33)(H,31,34). The van der Waals surface area contributed by atoms with Gasteiger partial charge in [0.05, 0.1) is 11.4 Å². The van der Waals surface area contributed by atoms with Crippen molar-refractivity contribution >= 4 is 29.1 Å². The largest absolute Gasteiger partial charge is 0.348 e. The molecule has 0 spiro atoms.